The Hall–Kier alpha value is -2.39. The Morgan fingerprint density at radius 3 is 1.72 bits per heavy atom. The van der Waals surface area contributed by atoms with Crippen LogP contribution in [0.5, 0.6) is 0 Å². The molecule has 10 heteroatoms. The first-order chi connectivity index (χ1) is 11.3. The van der Waals surface area contributed by atoms with Crippen molar-refractivity contribution < 1.29 is 39.5 Å². The molecule has 2 aromatic carbocycles. The second-order valence-corrected chi connectivity index (χ2v) is 5.33. The topological polar surface area (TPSA) is 15.8 Å². The molecule has 0 fully saturated rings. The zero-order valence-corrected chi connectivity index (χ0v) is 11.8. The molecule has 3 rings (SSSR count). The van der Waals surface area contributed by atoms with Crippen LogP contribution in [0.4, 0.5) is 39.5 Å². The molecule has 1 N–H and O–H groups in total. The summed E-state index contributed by atoms with van der Waals surface area (Å²) in [6, 6.07) is 2.42. The summed E-state index contributed by atoms with van der Waals surface area (Å²) in [4.78, 5) is 2.16. The number of aromatic nitrogens is 1. The van der Waals surface area contributed by atoms with Crippen molar-refractivity contribution in [1.29, 1.82) is 0 Å². The number of alkyl halides is 9. The minimum atomic E-state index is -5.12. The number of rotatable bonds is 0. The van der Waals surface area contributed by atoms with Crippen molar-refractivity contribution >= 4 is 21.8 Å². The molecule has 0 saturated heterocycles. The summed E-state index contributed by atoms with van der Waals surface area (Å²) >= 11 is 0. The highest BCUT2D eigenvalue weighted by molar-refractivity contribution is 6.08. The van der Waals surface area contributed by atoms with E-state index < -0.39 is 46.1 Å². The van der Waals surface area contributed by atoms with E-state index in [4.69, 9.17) is 0 Å². The first kappa shape index (κ1) is 17.4. The van der Waals surface area contributed by atoms with Crippen LogP contribution in [0.2, 0.25) is 0 Å². The quantitative estimate of drug-likeness (QED) is 0.442. The minimum Gasteiger partial charge on any atom is -0.354 e. The molecule has 0 atom stereocenters. The maximum absolute atomic E-state index is 13.1. The lowest BCUT2D eigenvalue weighted by atomic mass is 10.0. The van der Waals surface area contributed by atoms with Gasteiger partial charge in [-0.3, -0.25) is 0 Å². The van der Waals surface area contributed by atoms with Gasteiger partial charge in [0.25, 0.3) is 0 Å². The van der Waals surface area contributed by atoms with E-state index in [-0.39, 0.29) is 17.0 Å². The summed E-state index contributed by atoms with van der Waals surface area (Å²) in [6.45, 7) is 0. The van der Waals surface area contributed by atoms with E-state index >= 15 is 0 Å². The Balaban J connectivity index is 2.41. The zero-order valence-electron chi connectivity index (χ0n) is 11.8. The number of H-pyrrole nitrogens is 1. The van der Waals surface area contributed by atoms with Crippen LogP contribution in [0.15, 0.2) is 30.3 Å². The van der Waals surface area contributed by atoms with Gasteiger partial charge in [0.2, 0.25) is 0 Å². The summed E-state index contributed by atoms with van der Waals surface area (Å²) < 4.78 is 116. The van der Waals surface area contributed by atoms with E-state index in [0.717, 1.165) is 6.07 Å². The third-order valence-electron chi connectivity index (χ3n) is 3.67. The summed E-state index contributed by atoms with van der Waals surface area (Å²) in [5.41, 5.74) is -5.30. The fourth-order valence-electron chi connectivity index (χ4n) is 2.57. The number of halogens is 9. The van der Waals surface area contributed by atoms with Gasteiger partial charge in [-0.25, -0.2) is 0 Å². The molecule has 0 saturated carbocycles. The van der Waals surface area contributed by atoms with E-state index in [0.29, 0.717) is 18.2 Å². The molecule has 1 aromatic heterocycles. The average molecular weight is 371 g/mol. The van der Waals surface area contributed by atoms with Crippen LogP contribution >= 0.6 is 0 Å². The fraction of sp³-hybridized carbons (Fsp3) is 0.200. The maximum atomic E-state index is 13.1. The summed E-state index contributed by atoms with van der Waals surface area (Å²) in [5, 5.41) is -0.620. The molecule has 0 unspecified atom stereocenters. The van der Waals surface area contributed by atoms with E-state index in [1.165, 1.54) is 0 Å². The molecule has 0 aliphatic carbocycles. The molecule has 0 bridgehead atoms. The Bertz CT molecular complexity index is 957. The van der Waals surface area contributed by atoms with Crippen molar-refractivity contribution in [3.63, 3.8) is 0 Å². The molecule has 0 amide bonds. The lowest BCUT2D eigenvalue weighted by Gasteiger charge is -2.12. The standard InChI is InChI=1S/C15H6F9N/c16-13(17,18)6-1-2-8-9-3-7(14(19,20)21)4-10(15(22,23)24)12(9)25-11(8)5-6/h1-5,25H. The van der Waals surface area contributed by atoms with Crippen LogP contribution < -0.4 is 0 Å². The molecule has 1 nitrogen and oxygen atoms in total. The van der Waals surface area contributed by atoms with Crippen LogP contribution in [0.3, 0.4) is 0 Å². The first-order valence-corrected chi connectivity index (χ1v) is 6.59. The zero-order chi connectivity index (χ0) is 18.8. The number of hydrogen-bond acceptors (Lipinski definition) is 0. The predicted octanol–water partition coefficient (Wildman–Crippen LogP) is 6.38. The molecule has 1 heterocycles. The van der Waals surface area contributed by atoms with Crippen molar-refractivity contribution in [1.82, 2.24) is 4.98 Å². The molecule has 0 aliphatic heterocycles. The monoisotopic (exact) mass is 371 g/mol. The molecule has 25 heavy (non-hydrogen) atoms. The Labute approximate surface area is 133 Å². The largest absolute Gasteiger partial charge is 0.418 e. The van der Waals surface area contributed by atoms with Crippen LogP contribution in [-0.4, -0.2) is 4.98 Å². The Kier molecular flexibility index (Phi) is 3.53. The average Bonchev–Trinajstić information content (AvgIpc) is 2.80. The normalized spacial score (nSPS) is 13.8. The number of benzene rings is 2. The van der Waals surface area contributed by atoms with Crippen molar-refractivity contribution in [3.8, 4) is 0 Å². The number of aromatic amines is 1. The van der Waals surface area contributed by atoms with Crippen molar-refractivity contribution in [2.45, 2.75) is 18.5 Å². The Morgan fingerprint density at radius 2 is 1.20 bits per heavy atom. The van der Waals surface area contributed by atoms with Crippen molar-refractivity contribution in [2.75, 3.05) is 0 Å². The van der Waals surface area contributed by atoms with Gasteiger partial charge in [-0.1, -0.05) is 6.07 Å². The number of fused-ring (bicyclic) bond motifs is 3. The Morgan fingerprint density at radius 1 is 0.600 bits per heavy atom. The summed E-state index contributed by atoms with van der Waals surface area (Å²) in [7, 11) is 0. The van der Waals surface area contributed by atoms with Crippen LogP contribution in [0.1, 0.15) is 16.7 Å². The minimum absolute atomic E-state index is 0.0671. The third kappa shape index (κ3) is 3.00. The third-order valence-corrected chi connectivity index (χ3v) is 3.67. The van der Waals surface area contributed by atoms with Crippen LogP contribution in [0, 0.1) is 0 Å². The fourth-order valence-corrected chi connectivity index (χ4v) is 2.57. The lowest BCUT2D eigenvalue weighted by Crippen LogP contribution is -2.11. The van der Waals surface area contributed by atoms with Gasteiger partial charge < -0.3 is 4.98 Å². The molecular formula is C15H6F9N. The second-order valence-electron chi connectivity index (χ2n) is 5.33. The summed E-state index contributed by atoms with van der Waals surface area (Å²) in [5.74, 6) is 0. The molecule has 0 spiro atoms. The highest BCUT2D eigenvalue weighted by atomic mass is 19.4. The van der Waals surface area contributed by atoms with Gasteiger partial charge in [0.05, 0.1) is 22.2 Å². The van der Waals surface area contributed by atoms with Gasteiger partial charge >= 0.3 is 18.5 Å². The highest BCUT2D eigenvalue weighted by Crippen LogP contribution is 2.42. The SMILES string of the molecule is FC(F)(F)c1ccc2c(c1)[nH]c1c(C(F)(F)F)cc(C(F)(F)F)cc12. The molecule has 3 aromatic rings. The molecular weight excluding hydrogens is 365 g/mol. The molecule has 0 aliphatic rings. The van der Waals surface area contributed by atoms with E-state index in [1.807, 2.05) is 0 Å². The van der Waals surface area contributed by atoms with E-state index in [9.17, 15) is 39.5 Å². The van der Waals surface area contributed by atoms with Gasteiger partial charge in [0.1, 0.15) is 0 Å². The van der Waals surface area contributed by atoms with Gasteiger partial charge in [0.15, 0.2) is 0 Å². The highest BCUT2D eigenvalue weighted by Gasteiger charge is 2.39. The smallest absolute Gasteiger partial charge is 0.354 e. The van der Waals surface area contributed by atoms with E-state index in [2.05, 4.69) is 4.98 Å². The van der Waals surface area contributed by atoms with Gasteiger partial charge in [-0.05, 0) is 24.3 Å². The molecule has 0 radical (unpaired) electrons. The van der Waals surface area contributed by atoms with Gasteiger partial charge in [-0.15, -0.1) is 0 Å². The number of nitrogens with one attached hydrogen (secondary N) is 1. The summed E-state index contributed by atoms with van der Waals surface area (Å²) in [6.07, 6.45) is -14.9. The first-order valence-electron chi connectivity index (χ1n) is 6.59. The van der Waals surface area contributed by atoms with Gasteiger partial charge in [0, 0.05) is 16.3 Å². The lowest BCUT2D eigenvalue weighted by molar-refractivity contribution is -0.142. The second kappa shape index (κ2) is 5.06. The van der Waals surface area contributed by atoms with E-state index in [1.54, 1.807) is 0 Å². The molecule has 134 valence electrons. The van der Waals surface area contributed by atoms with Crippen LogP contribution in [-0.2, 0) is 18.5 Å². The number of hydrogen-bond donors (Lipinski definition) is 1. The van der Waals surface area contributed by atoms with Crippen molar-refractivity contribution in [2.24, 2.45) is 0 Å². The maximum Gasteiger partial charge on any atom is 0.418 e. The predicted molar refractivity (Wildman–Crippen MR) is 70.8 cm³/mol. The van der Waals surface area contributed by atoms with Crippen LogP contribution in [0.25, 0.3) is 21.8 Å². The van der Waals surface area contributed by atoms with Crippen molar-refractivity contribution in [3.05, 3.63) is 47.0 Å². The van der Waals surface area contributed by atoms with Gasteiger partial charge in [-0.2, -0.15) is 39.5 Å².